The van der Waals surface area contributed by atoms with Gasteiger partial charge in [-0.25, -0.2) is 15.2 Å². The second-order valence-electron chi connectivity index (χ2n) is 4.02. The Kier molecular flexibility index (Phi) is 4.33. The summed E-state index contributed by atoms with van der Waals surface area (Å²) in [6, 6.07) is 5.33. The van der Waals surface area contributed by atoms with E-state index in [0.717, 1.165) is 18.2 Å². The summed E-state index contributed by atoms with van der Waals surface area (Å²) in [4.78, 5) is 3.84. The molecule has 2 rings (SSSR count). The van der Waals surface area contributed by atoms with Crippen molar-refractivity contribution in [2.24, 2.45) is 5.84 Å². The summed E-state index contributed by atoms with van der Waals surface area (Å²) in [5.74, 6) is 4.28. The van der Waals surface area contributed by atoms with Crippen LogP contribution in [-0.4, -0.2) is 4.98 Å². The number of anilines is 3. The predicted molar refractivity (Wildman–Crippen MR) is 74.4 cm³/mol. The number of nitrogen functional groups attached to an aromatic ring is 1. The summed E-state index contributed by atoms with van der Waals surface area (Å²) in [6.45, 7) is 0. The summed E-state index contributed by atoms with van der Waals surface area (Å²) in [5, 5.41) is 2.61. The lowest BCUT2D eigenvalue weighted by Crippen LogP contribution is -2.13. The lowest BCUT2D eigenvalue weighted by molar-refractivity contribution is -0.137. The Morgan fingerprint density at radius 1 is 1.10 bits per heavy atom. The largest absolute Gasteiger partial charge is 0.416 e. The van der Waals surface area contributed by atoms with Crippen LogP contribution in [0.5, 0.6) is 0 Å². The molecule has 2 aromatic rings. The van der Waals surface area contributed by atoms with Crippen LogP contribution in [0.1, 0.15) is 5.56 Å². The maximum atomic E-state index is 13.2. The molecule has 0 amide bonds. The van der Waals surface area contributed by atoms with Gasteiger partial charge >= 0.3 is 6.18 Å². The monoisotopic (exact) mass is 364 g/mol. The third-order valence-corrected chi connectivity index (χ3v) is 3.18. The minimum atomic E-state index is -4.55. The highest BCUT2D eigenvalue weighted by Gasteiger charge is 2.31. The number of halogens is 5. The molecule has 0 atom stereocenters. The Morgan fingerprint density at radius 3 is 2.38 bits per heavy atom. The average Bonchev–Trinajstić information content (AvgIpc) is 2.41. The van der Waals surface area contributed by atoms with Gasteiger partial charge in [0.15, 0.2) is 0 Å². The fourth-order valence-electron chi connectivity index (χ4n) is 1.56. The normalized spacial score (nSPS) is 11.3. The zero-order chi connectivity index (χ0) is 15.6. The number of hydrogen-bond acceptors (Lipinski definition) is 4. The highest BCUT2D eigenvalue weighted by atomic mass is 79.9. The van der Waals surface area contributed by atoms with Crippen molar-refractivity contribution in [3.63, 3.8) is 0 Å². The maximum Gasteiger partial charge on any atom is 0.416 e. The van der Waals surface area contributed by atoms with Crippen molar-refractivity contribution in [1.29, 1.82) is 0 Å². The van der Waals surface area contributed by atoms with Gasteiger partial charge in [0, 0.05) is 4.47 Å². The number of hydrazine groups is 1. The molecular weight excluding hydrogens is 356 g/mol. The van der Waals surface area contributed by atoms with Gasteiger partial charge in [-0.15, -0.1) is 0 Å². The smallest absolute Gasteiger partial charge is 0.339 e. The van der Waals surface area contributed by atoms with E-state index in [-0.39, 0.29) is 17.3 Å². The summed E-state index contributed by atoms with van der Waals surface area (Å²) in [5.41, 5.74) is 1.37. The molecule has 0 radical (unpaired) electrons. The van der Waals surface area contributed by atoms with Gasteiger partial charge in [0.25, 0.3) is 0 Å². The average molecular weight is 365 g/mol. The Morgan fingerprint density at radius 2 is 1.76 bits per heavy atom. The third kappa shape index (κ3) is 3.82. The van der Waals surface area contributed by atoms with Crippen molar-refractivity contribution in [2.75, 3.05) is 10.7 Å². The van der Waals surface area contributed by atoms with Crippen molar-refractivity contribution in [3.05, 3.63) is 46.2 Å². The first-order chi connectivity index (χ1) is 9.79. The first-order valence-electron chi connectivity index (χ1n) is 5.57. The fourth-order valence-corrected chi connectivity index (χ4v) is 1.91. The zero-order valence-corrected chi connectivity index (χ0v) is 11.9. The number of nitrogens with one attached hydrogen (secondary N) is 2. The van der Waals surface area contributed by atoms with Gasteiger partial charge in [-0.3, -0.25) is 0 Å². The molecule has 1 heterocycles. The summed E-state index contributed by atoms with van der Waals surface area (Å²) in [7, 11) is 0. The Bertz CT molecular complexity index is 660. The van der Waals surface area contributed by atoms with Crippen LogP contribution >= 0.6 is 15.9 Å². The van der Waals surface area contributed by atoms with Crippen LogP contribution in [0, 0.1) is 5.82 Å². The van der Waals surface area contributed by atoms with Crippen molar-refractivity contribution >= 4 is 33.3 Å². The van der Waals surface area contributed by atoms with Gasteiger partial charge < -0.3 is 10.7 Å². The minimum absolute atomic E-state index is 0.121. The molecule has 0 aliphatic rings. The van der Waals surface area contributed by atoms with E-state index in [0.29, 0.717) is 4.47 Å². The van der Waals surface area contributed by atoms with Gasteiger partial charge in [0.05, 0.1) is 11.3 Å². The number of alkyl halides is 3. The van der Waals surface area contributed by atoms with Crippen molar-refractivity contribution in [2.45, 2.75) is 6.18 Å². The molecule has 0 fully saturated rings. The number of nitrogens with two attached hydrogens (primary N) is 1. The first kappa shape index (κ1) is 15.5. The van der Waals surface area contributed by atoms with Crippen molar-refractivity contribution in [3.8, 4) is 0 Å². The standard InChI is InChI=1S/C12H9BrF4N4/c13-8-2-1-7(14)5-9(8)19-10-3-6(12(15,16)17)4-11(20-10)21-18/h1-5H,18H2,(H2,19,20,21). The molecule has 0 aliphatic carbocycles. The number of benzene rings is 1. The van der Waals surface area contributed by atoms with Gasteiger partial charge in [0.2, 0.25) is 0 Å². The maximum absolute atomic E-state index is 13.2. The minimum Gasteiger partial charge on any atom is -0.339 e. The molecule has 21 heavy (non-hydrogen) atoms. The van der Waals surface area contributed by atoms with Gasteiger partial charge in [0.1, 0.15) is 17.5 Å². The van der Waals surface area contributed by atoms with Crippen LogP contribution < -0.4 is 16.6 Å². The van der Waals surface area contributed by atoms with E-state index < -0.39 is 17.6 Å². The van der Waals surface area contributed by atoms with Crippen LogP contribution in [-0.2, 0) is 6.18 Å². The Hall–Kier alpha value is -1.87. The number of rotatable bonds is 3. The van der Waals surface area contributed by atoms with Gasteiger partial charge in [-0.05, 0) is 46.3 Å². The summed E-state index contributed by atoms with van der Waals surface area (Å²) in [6.07, 6.45) is -4.55. The molecule has 0 saturated carbocycles. The predicted octanol–water partition coefficient (Wildman–Crippen LogP) is 4.03. The number of hydrogen-bond donors (Lipinski definition) is 3. The van der Waals surface area contributed by atoms with Crippen LogP contribution in [0.2, 0.25) is 0 Å². The van der Waals surface area contributed by atoms with Crippen LogP contribution in [0.15, 0.2) is 34.8 Å². The van der Waals surface area contributed by atoms with Crippen molar-refractivity contribution in [1.82, 2.24) is 4.98 Å². The molecule has 112 valence electrons. The van der Waals surface area contributed by atoms with E-state index in [1.165, 1.54) is 12.1 Å². The Labute approximate surface area is 125 Å². The molecule has 9 heteroatoms. The van der Waals surface area contributed by atoms with Crippen LogP contribution in [0.4, 0.5) is 34.9 Å². The molecule has 0 aliphatic heterocycles. The second-order valence-corrected chi connectivity index (χ2v) is 4.87. The van der Waals surface area contributed by atoms with Crippen LogP contribution in [0.3, 0.4) is 0 Å². The molecule has 1 aromatic carbocycles. The first-order valence-corrected chi connectivity index (χ1v) is 6.37. The van der Waals surface area contributed by atoms with Crippen molar-refractivity contribution < 1.29 is 17.6 Å². The molecule has 1 aromatic heterocycles. The lowest BCUT2D eigenvalue weighted by Gasteiger charge is -2.13. The highest BCUT2D eigenvalue weighted by Crippen LogP contribution is 2.33. The fraction of sp³-hybridized carbons (Fsp3) is 0.0833. The van der Waals surface area contributed by atoms with Crippen LogP contribution in [0.25, 0.3) is 0 Å². The van der Waals surface area contributed by atoms with Gasteiger partial charge in [-0.2, -0.15) is 13.2 Å². The second kappa shape index (κ2) is 5.86. The van der Waals surface area contributed by atoms with E-state index in [9.17, 15) is 17.6 Å². The zero-order valence-electron chi connectivity index (χ0n) is 10.3. The van der Waals surface area contributed by atoms with E-state index in [2.05, 4.69) is 31.7 Å². The molecule has 0 spiro atoms. The quantitative estimate of drug-likeness (QED) is 0.437. The molecular formula is C12H9BrF4N4. The molecule has 4 N–H and O–H groups in total. The van der Waals surface area contributed by atoms with Gasteiger partial charge in [-0.1, -0.05) is 0 Å². The van der Waals surface area contributed by atoms with E-state index in [1.807, 2.05) is 0 Å². The number of pyridine rings is 1. The van der Waals surface area contributed by atoms with E-state index >= 15 is 0 Å². The Balaban J connectivity index is 2.42. The lowest BCUT2D eigenvalue weighted by atomic mass is 10.2. The third-order valence-electron chi connectivity index (χ3n) is 2.49. The SMILES string of the molecule is NNc1cc(C(F)(F)F)cc(Nc2cc(F)ccc2Br)n1. The summed E-state index contributed by atoms with van der Waals surface area (Å²) < 4.78 is 52.0. The molecule has 4 nitrogen and oxygen atoms in total. The topological polar surface area (TPSA) is 63.0 Å². The van der Waals surface area contributed by atoms with E-state index in [4.69, 9.17) is 5.84 Å². The molecule has 0 bridgehead atoms. The highest BCUT2D eigenvalue weighted by molar-refractivity contribution is 9.10. The number of nitrogens with zero attached hydrogens (tertiary/aromatic N) is 1. The van der Waals surface area contributed by atoms with E-state index in [1.54, 1.807) is 0 Å². The molecule has 0 unspecified atom stereocenters. The molecule has 0 saturated heterocycles. The number of aromatic nitrogens is 1. The summed E-state index contributed by atoms with van der Waals surface area (Å²) >= 11 is 3.16.